The summed E-state index contributed by atoms with van der Waals surface area (Å²) in [5.41, 5.74) is 3.57. The molecule has 0 fully saturated rings. The van der Waals surface area contributed by atoms with Gasteiger partial charge in [0.2, 0.25) is 0 Å². The van der Waals surface area contributed by atoms with Crippen molar-refractivity contribution in [3.8, 4) is 5.75 Å². The minimum Gasteiger partial charge on any atom is -0.488 e. The lowest BCUT2D eigenvalue weighted by atomic mass is 9.97. The lowest BCUT2D eigenvalue weighted by molar-refractivity contribution is 0.100. The van der Waals surface area contributed by atoms with Gasteiger partial charge < -0.3 is 4.74 Å². The molecule has 1 heterocycles. The number of fused-ring (bicyclic) bond motifs is 1. The first-order valence-electron chi connectivity index (χ1n) is 6.28. The molecule has 1 aliphatic rings. The van der Waals surface area contributed by atoms with Crippen molar-refractivity contribution in [2.75, 3.05) is 6.61 Å². The van der Waals surface area contributed by atoms with Crippen molar-refractivity contribution in [1.82, 2.24) is 0 Å². The molecule has 0 aromatic heterocycles. The van der Waals surface area contributed by atoms with Gasteiger partial charge in [-0.25, -0.2) is 0 Å². The van der Waals surface area contributed by atoms with Crippen LogP contribution in [0.25, 0.3) is 6.08 Å². The highest BCUT2D eigenvalue weighted by Crippen LogP contribution is 2.27. The van der Waals surface area contributed by atoms with Crippen LogP contribution in [0.2, 0.25) is 0 Å². The Kier molecular flexibility index (Phi) is 2.92. The highest BCUT2D eigenvalue weighted by molar-refractivity contribution is 6.14. The van der Waals surface area contributed by atoms with E-state index in [1.807, 2.05) is 61.5 Å². The zero-order valence-corrected chi connectivity index (χ0v) is 10.7. The maximum absolute atomic E-state index is 12.4. The van der Waals surface area contributed by atoms with Crippen LogP contribution in [0.4, 0.5) is 0 Å². The first kappa shape index (κ1) is 11.7. The van der Waals surface area contributed by atoms with Crippen molar-refractivity contribution in [2.45, 2.75) is 6.92 Å². The predicted molar refractivity (Wildman–Crippen MR) is 75.4 cm³/mol. The average molecular weight is 250 g/mol. The van der Waals surface area contributed by atoms with Crippen molar-refractivity contribution >= 4 is 11.9 Å². The molecule has 2 aromatic rings. The van der Waals surface area contributed by atoms with E-state index >= 15 is 0 Å². The lowest BCUT2D eigenvalue weighted by Crippen LogP contribution is -2.18. The summed E-state index contributed by atoms with van der Waals surface area (Å²) in [4.78, 5) is 12.4. The zero-order valence-electron chi connectivity index (χ0n) is 10.7. The van der Waals surface area contributed by atoms with Crippen molar-refractivity contribution in [1.29, 1.82) is 0 Å². The van der Waals surface area contributed by atoms with Gasteiger partial charge in [-0.05, 0) is 36.3 Å². The van der Waals surface area contributed by atoms with Gasteiger partial charge in [-0.2, -0.15) is 0 Å². The van der Waals surface area contributed by atoms with E-state index in [4.69, 9.17) is 4.74 Å². The lowest BCUT2D eigenvalue weighted by Gasteiger charge is -2.18. The van der Waals surface area contributed by atoms with Crippen LogP contribution >= 0.6 is 0 Å². The van der Waals surface area contributed by atoms with E-state index < -0.39 is 0 Å². The Bertz CT molecular complexity index is 668. The Morgan fingerprint density at radius 2 is 1.79 bits per heavy atom. The van der Waals surface area contributed by atoms with Gasteiger partial charge in [0, 0.05) is 5.57 Å². The number of benzene rings is 2. The summed E-state index contributed by atoms with van der Waals surface area (Å²) in [6.07, 6.45) is 1.92. The van der Waals surface area contributed by atoms with Crippen molar-refractivity contribution in [3.63, 3.8) is 0 Å². The van der Waals surface area contributed by atoms with Crippen LogP contribution in [0.15, 0.2) is 54.1 Å². The van der Waals surface area contributed by atoms with Crippen LogP contribution in [0.3, 0.4) is 0 Å². The Balaban J connectivity index is 2.01. The number of hydrogen-bond donors (Lipinski definition) is 0. The van der Waals surface area contributed by atoms with E-state index in [0.29, 0.717) is 23.5 Å². The van der Waals surface area contributed by atoms with E-state index in [1.54, 1.807) is 0 Å². The highest BCUT2D eigenvalue weighted by atomic mass is 16.5. The monoisotopic (exact) mass is 250 g/mol. The normalized spacial score (nSPS) is 16.1. The molecular formula is C17H14O2. The summed E-state index contributed by atoms with van der Waals surface area (Å²) in [6.45, 7) is 2.37. The molecule has 19 heavy (non-hydrogen) atoms. The molecular weight excluding hydrogens is 236 g/mol. The van der Waals surface area contributed by atoms with Gasteiger partial charge in [0.25, 0.3) is 0 Å². The summed E-state index contributed by atoms with van der Waals surface area (Å²) in [5.74, 6) is 0.736. The molecule has 0 amide bonds. The first-order valence-corrected chi connectivity index (χ1v) is 6.28. The van der Waals surface area contributed by atoms with Crippen molar-refractivity contribution in [3.05, 3.63) is 70.8 Å². The SMILES string of the molecule is Cc1ccccc1/C=C1\COc2ccccc2C1=O. The zero-order chi connectivity index (χ0) is 13.2. The number of para-hydroxylation sites is 1. The van der Waals surface area contributed by atoms with Crippen molar-refractivity contribution < 1.29 is 9.53 Å². The van der Waals surface area contributed by atoms with E-state index in [0.717, 1.165) is 11.1 Å². The fourth-order valence-corrected chi connectivity index (χ4v) is 2.22. The van der Waals surface area contributed by atoms with Crippen LogP contribution in [0.5, 0.6) is 5.75 Å². The van der Waals surface area contributed by atoms with Crippen molar-refractivity contribution in [2.24, 2.45) is 0 Å². The minimum absolute atomic E-state index is 0.0603. The topological polar surface area (TPSA) is 26.3 Å². The molecule has 0 aliphatic carbocycles. The molecule has 94 valence electrons. The molecule has 3 rings (SSSR count). The van der Waals surface area contributed by atoms with E-state index in [1.165, 1.54) is 0 Å². The molecule has 0 saturated heterocycles. The number of carbonyl (C=O) groups excluding carboxylic acids is 1. The average Bonchev–Trinajstić information content (AvgIpc) is 2.44. The Morgan fingerprint density at radius 1 is 1.05 bits per heavy atom. The van der Waals surface area contributed by atoms with Gasteiger partial charge in [-0.1, -0.05) is 36.4 Å². The molecule has 0 saturated carbocycles. The number of ether oxygens (including phenoxy) is 1. The van der Waals surface area contributed by atoms with Gasteiger partial charge in [-0.3, -0.25) is 4.79 Å². The Hall–Kier alpha value is -2.35. The molecule has 2 heteroatoms. The number of aryl methyl sites for hydroxylation is 1. The van der Waals surface area contributed by atoms with Gasteiger partial charge in [0.1, 0.15) is 12.4 Å². The number of rotatable bonds is 1. The molecule has 0 spiro atoms. The maximum Gasteiger partial charge on any atom is 0.196 e. The third kappa shape index (κ3) is 2.17. The number of Topliss-reactive ketones (excluding diaryl/α,β-unsaturated/α-hetero) is 1. The quantitative estimate of drug-likeness (QED) is 0.722. The summed E-state index contributed by atoms with van der Waals surface area (Å²) in [5, 5.41) is 0. The van der Waals surface area contributed by atoms with E-state index in [-0.39, 0.29) is 5.78 Å². The smallest absolute Gasteiger partial charge is 0.196 e. The van der Waals surface area contributed by atoms with Gasteiger partial charge in [0.05, 0.1) is 5.56 Å². The second-order valence-corrected chi connectivity index (χ2v) is 4.64. The Morgan fingerprint density at radius 3 is 2.63 bits per heavy atom. The molecule has 2 nitrogen and oxygen atoms in total. The fourth-order valence-electron chi connectivity index (χ4n) is 2.22. The summed E-state index contributed by atoms with van der Waals surface area (Å²) < 4.78 is 5.63. The fraction of sp³-hybridized carbons (Fsp3) is 0.118. The highest BCUT2D eigenvalue weighted by Gasteiger charge is 2.22. The maximum atomic E-state index is 12.4. The molecule has 0 radical (unpaired) electrons. The van der Waals surface area contributed by atoms with E-state index in [2.05, 4.69) is 0 Å². The standard InChI is InChI=1S/C17H14O2/c1-12-6-2-3-7-13(12)10-14-11-19-16-9-5-4-8-15(16)17(14)18/h2-10H,11H2,1H3/b14-10+. The second-order valence-electron chi connectivity index (χ2n) is 4.64. The summed E-state index contributed by atoms with van der Waals surface area (Å²) >= 11 is 0. The molecule has 1 aliphatic heterocycles. The number of ketones is 1. The van der Waals surface area contributed by atoms with Crippen LogP contribution < -0.4 is 4.74 Å². The van der Waals surface area contributed by atoms with Crippen LogP contribution in [-0.4, -0.2) is 12.4 Å². The second kappa shape index (κ2) is 4.73. The van der Waals surface area contributed by atoms with Gasteiger partial charge in [0.15, 0.2) is 5.78 Å². The largest absolute Gasteiger partial charge is 0.488 e. The molecule has 0 N–H and O–H groups in total. The summed E-state index contributed by atoms with van der Waals surface area (Å²) in [7, 11) is 0. The first-order chi connectivity index (χ1) is 9.25. The van der Waals surface area contributed by atoms with Gasteiger partial charge in [-0.15, -0.1) is 0 Å². The third-order valence-corrected chi connectivity index (χ3v) is 3.32. The Labute approximate surface area is 112 Å². The molecule has 0 atom stereocenters. The molecule has 0 bridgehead atoms. The van der Waals surface area contributed by atoms with Gasteiger partial charge >= 0.3 is 0 Å². The molecule has 0 unspecified atom stereocenters. The molecule has 2 aromatic carbocycles. The predicted octanol–water partition coefficient (Wildman–Crippen LogP) is 3.65. The summed E-state index contributed by atoms with van der Waals surface area (Å²) in [6, 6.07) is 15.4. The van der Waals surface area contributed by atoms with Crippen LogP contribution in [-0.2, 0) is 0 Å². The van der Waals surface area contributed by atoms with Crippen LogP contribution in [0, 0.1) is 6.92 Å². The number of carbonyl (C=O) groups is 1. The van der Waals surface area contributed by atoms with Crippen LogP contribution in [0.1, 0.15) is 21.5 Å². The third-order valence-electron chi connectivity index (χ3n) is 3.32. The minimum atomic E-state index is 0.0603. The van der Waals surface area contributed by atoms with E-state index in [9.17, 15) is 4.79 Å². The number of hydrogen-bond acceptors (Lipinski definition) is 2.